The van der Waals surface area contributed by atoms with Gasteiger partial charge in [0.1, 0.15) is 5.76 Å². The third kappa shape index (κ3) is 5.36. The highest BCUT2D eigenvalue weighted by molar-refractivity contribution is 5.92. The molecule has 2 aromatic rings. The van der Waals surface area contributed by atoms with Crippen LogP contribution in [0.15, 0.2) is 52.1 Å². The summed E-state index contributed by atoms with van der Waals surface area (Å²) in [6.07, 6.45) is 5.47. The summed E-state index contributed by atoms with van der Waals surface area (Å²) in [5.41, 5.74) is 6.83. The maximum absolute atomic E-state index is 11.3. The standard InChI is InChI=1S/C21H29N5O2/c1-23-21(24-14-16-7-5-8-17(13-16)20(22)27)25-15-18(19-9-6-12-28-19)26-10-3-2-4-11-26/h5-9,12-13,18H,2-4,10-11,14-15H2,1H3,(H2,22,27)(H2,23,24,25). The number of carbonyl (C=O) groups is 1. The number of benzene rings is 1. The monoisotopic (exact) mass is 383 g/mol. The normalized spacial score (nSPS) is 16.5. The van der Waals surface area contributed by atoms with Gasteiger partial charge in [0, 0.05) is 25.7 Å². The summed E-state index contributed by atoms with van der Waals surface area (Å²) in [5.74, 6) is 1.25. The Balaban J connectivity index is 1.58. The van der Waals surface area contributed by atoms with Crippen molar-refractivity contribution in [3.8, 4) is 0 Å². The minimum Gasteiger partial charge on any atom is -0.468 e. The minimum absolute atomic E-state index is 0.173. The summed E-state index contributed by atoms with van der Waals surface area (Å²) >= 11 is 0. The van der Waals surface area contributed by atoms with Crippen molar-refractivity contribution in [2.24, 2.45) is 10.7 Å². The molecule has 1 aromatic carbocycles. The van der Waals surface area contributed by atoms with Crippen LogP contribution in [0, 0.1) is 0 Å². The molecule has 2 heterocycles. The lowest BCUT2D eigenvalue weighted by Crippen LogP contribution is -2.44. The van der Waals surface area contributed by atoms with E-state index in [4.69, 9.17) is 10.2 Å². The molecule has 0 aliphatic carbocycles. The molecule has 0 radical (unpaired) electrons. The van der Waals surface area contributed by atoms with Crippen LogP contribution in [0.5, 0.6) is 0 Å². The van der Waals surface area contributed by atoms with Gasteiger partial charge in [0.25, 0.3) is 0 Å². The van der Waals surface area contributed by atoms with Crippen molar-refractivity contribution in [2.75, 3.05) is 26.7 Å². The van der Waals surface area contributed by atoms with Crippen molar-refractivity contribution in [3.63, 3.8) is 0 Å². The van der Waals surface area contributed by atoms with E-state index in [1.54, 1.807) is 25.4 Å². The van der Waals surface area contributed by atoms with Gasteiger partial charge in [-0.3, -0.25) is 14.7 Å². The molecule has 1 amide bonds. The molecule has 28 heavy (non-hydrogen) atoms. The van der Waals surface area contributed by atoms with Crippen LogP contribution in [0.2, 0.25) is 0 Å². The van der Waals surface area contributed by atoms with Crippen LogP contribution in [0.25, 0.3) is 0 Å². The highest BCUT2D eigenvalue weighted by Gasteiger charge is 2.24. The first-order chi connectivity index (χ1) is 13.7. The van der Waals surface area contributed by atoms with Crippen molar-refractivity contribution in [2.45, 2.75) is 31.8 Å². The Labute approximate surface area is 166 Å². The van der Waals surface area contributed by atoms with Crippen LogP contribution in [-0.4, -0.2) is 43.4 Å². The number of likely N-dealkylation sites (tertiary alicyclic amines) is 1. The van der Waals surface area contributed by atoms with Gasteiger partial charge in [-0.15, -0.1) is 0 Å². The number of piperidine rings is 1. The van der Waals surface area contributed by atoms with Gasteiger partial charge in [-0.05, 0) is 55.8 Å². The van der Waals surface area contributed by atoms with Crippen molar-refractivity contribution >= 4 is 11.9 Å². The lowest BCUT2D eigenvalue weighted by atomic mass is 10.1. The van der Waals surface area contributed by atoms with Gasteiger partial charge in [-0.1, -0.05) is 18.6 Å². The zero-order chi connectivity index (χ0) is 19.8. The van der Waals surface area contributed by atoms with E-state index in [2.05, 4.69) is 20.5 Å². The predicted molar refractivity (Wildman–Crippen MR) is 110 cm³/mol. The molecule has 3 rings (SSSR count). The number of carbonyl (C=O) groups excluding carboxylic acids is 1. The fourth-order valence-corrected chi connectivity index (χ4v) is 3.55. The highest BCUT2D eigenvalue weighted by atomic mass is 16.3. The van der Waals surface area contributed by atoms with Gasteiger partial charge < -0.3 is 20.8 Å². The molecule has 7 nitrogen and oxygen atoms in total. The summed E-state index contributed by atoms with van der Waals surface area (Å²) in [7, 11) is 1.75. The maximum Gasteiger partial charge on any atom is 0.248 e. The smallest absolute Gasteiger partial charge is 0.248 e. The van der Waals surface area contributed by atoms with Gasteiger partial charge >= 0.3 is 0 Å². The van der Waals surface area contributed by atoms with E-state index < -0.39 is 5.91 Å². The molecule has 150 valence electrons. The highest BCUT2D eigenvalue weighted by Crippen LogP contribution is 2.24. The van der Waals surface area contributed by atoms with Crippen molar-refractivity contribution < 1.29 is 9.21 Å². The Bertz CT molecular complexity index is 782. The molecule has 7 heteroatoms. The Morgan fingerprint density at radius 2 is 2.04 bits per heavy atom. The molecule has 1 atom stereocenters. The van der Waals surface area contributed by atoms with Crippen molar-refractivity contribution in [1.29, 1.82) is 0 Å². The average molecular weight is 383 g/mol. The Morgan fingerprint density at radius 1 is 1.21 bits per heavy atom. The Morgan fingerprint density at radius 3 is 2.71 bits per heavy atom. The number of furan rings is 1. The summed E-state index contributed by atoms with van der Waals surface area (Å²) < 4.78 is 5.69. The molecule has 1 aliphatic heterocycles. The first-order valence-electron chi connectivity index (χ1n) is 9.78. The zero-order valence-electron chi connectivity index (χ0n) is 16.4. The number of aliphatic imine (C=N–C) groups is 1. The number of guanidine groups is 1. The van der Waals surface area contributed by atoms with Gasteiger partial charge in [0.15, 0.2) is 5.96 Å². The largest absolute Gasteiger partial charge is 0.468 e. The number of hydrogen-bond donors (Lipinski definition) is 3. The molecule has 1 aromatic heterocycles. The second-order valence-corrected chi connectivity index (χ2v) is 7.00. The molecule has 0 saturated carbocycles. The van der Waals surface area contributed by atoms with E-state index in [1.807, 2.05) is 24.3 Å². The fraction of sp³-hybridized carbons (Fsp3) is 0.429. The summed E-state index contributed by atoms with van der Waals surface area (Å²) in [6, 6.07) is 11.4. The number of primary amides is 1. The summed E-state index contributed by atoms with van der Waals surface area (Å²) in [4.78, 5) is 18.1. The van der Waals surface area contributed by atoms with Crippen LogP contribution >= 0.6 is 0 Å². The molecule has 1 unspecified atom stereocenters. The van der Waals surface area contributed by atoms with E-state index >= 15 is 0 Å². The lowest BCUT2D eigenvalue weighted by Gasteiger charge is -2.33. The van der Waals surface area contributed by atoms with Crippen molar-refractivity contribution in [1.82, 2.24) is 15.5 Å². The number of hydrogen-bond acceptors (Lipinski definition) is 4. The molecule has 1 saturated heterocycles. The number of nitrogens with one attached hydrogen (secondary N) is 2. The van der Waals surface area contributed by atoms with Gasteiger partial charge in [0.05, 0.1) is 12.3 Å². The number of nitrogens with zero attached hydrogens (tertiary/aromatic N) is 2. The van der Waals surface area contributed by atoms with Crippen molar-refractivity contribution in [3.05, 3.63) is 59.5 Å². The molecule has 4 N–H and O–H groups in total. The van der Waals surface area contributed by atoms with Crippen LogP contribution in [0.4, 0.5) is 0 Å². The van der Waals surface area contributed by atoms with Crippen LogP contribution < -0.4 is 16.4 Å². The van der Waals surface area contributed by atoms with Crippen LogP contribution in [-0.2, 0) is 6.54 Å². The molecular weight excluding hydrogens is 354 g/mol. The van der Waals surface area contributed by atoms with E-state index in [1.165, 1.54) is 19.3 Å². The summed E-state index contributed by atoms with van der Waals surface area (Å²) in [6.45, 7) is 3.42. The Kier molecular flexibility index (Phi) is 7.08. The number of amides is 1. The van der Waals surface area contributed by atoms with Crippen LogP contribution in [0.1, 0.15) is 47.0 Å². The SMILES string of the molecule is CN=C(NCc1cccc(C(N)=O)c1)NCC(c1ccco1)N1CCCCC1. The second kappa shape index (κ2) is 9.94. The van der Waals surface area contributed by atoms with Gasteiger partial charge in [0.2, 0.25) is 5.91 Å². The molecular formula is C21H29N5O2. The first-order valence-corrected chi connectivity index (χ1v) is 9.78. The fourth-order valence-electron chi connectivity index (χ4n) is 3.55. The van der Waals surface area contributed by atoms with Gasteiger partial charge in [-0.2, -0.15) is 0 Å². The van der Waals surface area contributed by atoms with E-state index in [0.717, 1.165) is 24.4 Å². The van der Waals surface area contributed by atoms with E-state index in [0.29, 0.717) is 24.6 Å². The molecule has 1 fully saturated rings. The molecule has 1 aliphatic rings. The van der Waals surface area contributed by atoms with Crippen LogP contribution in [0.3, 0.4) is 0 Å². The molecule has 0 bridgehead atoms. The molecule has 0 spiro atoms. The number of rotatable bonds is 7. The minimum atomic E-state index is -0.424. The first kappa shape index (κ1) is 19.9. The third-order valence-corrected chi connectivity index (χ3v) is 5.06. The maximum atomic E-state index is 11.3. The predicted octanol–water partition coefficient (Wildman–Crippen LogP) is 2.27. The number of nitrogens with two attached hydrogens (primary N) is 1. The third-order valence-electron chi connectivity index (χ3n) is 5.06. The quantitative estimate of drug-likeness (QED) is 0.503. The lowest BCUT2D eigenvalue weighted by molar-refractivity contribution is 0.1000. The Hall–Kier alpha value is -2.80. The van der Waals surface area contributed by atoms with E-state index in [-0.39, 0.29) is 6.04 Å². The second-order valence-electron chi connectivity index (χ2n) is 7.00. The topological polar surface area (TPSA) is 95.9 Å². The summed E-state index contributed by atoms with van der Waals surface area (Å²) in [5, 5.41) is 6.70. The average Bonchev–Trinajstić information content (AvgIpc) is 3.26. The van der Waals surface area contributed by atoms with Gasteiger partial charge in [-0.25, -0.2) is 0 Å². The van der Waals surface area contributed by atoms with E-state index in [9.17, 15) is 4.79 Å². The zero-order valence-corrected chi connectivity index (χ0v) is 16.4.